The number of hydrogen-bond donors (Lipinski definition) is 1. The Labute approximate surface area is 131 Å². The first-order valence-electron chi connectivity index (χ1n) is 7.61. The molecule has 1 unspecified atom stereocenters. The number of benzene rings is 1. The molecule has 1 aliphatic rings. The zero-order valence-electron chi connectivity index (χ0n) is 13.2. The van der Waals surface area contributed by atoms with Crippen molar-refractivity contribution in [2.24, 2.45) is 0 Å². The second-order valence-corrected chi connectivity index (χ2v) is 6.98. The van der Waals surface area contributed by atoms with Crippen LogP contribution in [0.1, 0.15) is 39.7 Å². The van der Waals surface area contributed by atoms with Gasteiger partial charge in [0, 0.05) is 24.2 Å². The van der Waals surface area contributed by atoms with Gasteiger partial charge in [-0.2, -0.15) is 0 Å². The SMILES string of the molecule is CCNC(c1ccc2c(c1)CCN2C)c1nc(C)c(C)s1. The van der Waals surface area contributed by atoms with Crippen molar-refractivity contribution < 1.29 is 0 Å². The van der Waals surface area contributed by atoms with Crippen LogP contribution in [0.25, 0.3) is 0 Å². The maximum absolute atomic E-state index is 4.76. The average molecular weight is 301 g/mol. The quantitative estimate of drug-likeness (QED) is 0.937. The van der Waals surface area contributed by atoms with E-state index in [1.165, 1.54) is 26.7 Å². The summed E-state index contributed by atoms with van der Waals surface area (Å²) in [7, 11) is 2.17. The summed E-state index contributed by atoms with van der Waals surface area (Å²) in [6.45, 7) is 8.47. The number of thiazole rings is 1. The highest BCUT2D eigenvalue weighted by Crippen LogP contribution is 2.33. The molecule has 1 aliphatic heterocycles. The minimum absolute atomic E-state index is 0.212. The molecule has 0 aliphatic carbocycles. The van der Waals surface area contributed by atoms with E-state index in [0.717, 1.165) is 25.2 Å². The van der Waals surface area contributed by atoms with Crippen molar-refractivity contribution in [2.45, 2.75) is 33.2 Å². The topological polar surface area (TPSA) is 28.2 Å². The first-order valence-corrected chi connectivity index (χ1v) is 8.43. The van der Waals surface area contributed by atoms with Gasteiger partial charge in [-0.1, -0.05) is 19.1 Å². The fraction of sp³-hybridized carbons (Fsp3) is 0.471. The molecule has 1 aromatic heterocycles. The van der Waals surface area contributed by atoms with Crippen LogP contribution in [0.3, 0.4) is 0 Å². The van der Waals surface area contributed by atoms with Gasteiger partial charge >= 0.3 is 0 Å². The average Bonchev–Trinajstić information content (AvgIpc) is 3.00. The van der Waals surface area contributed by atoms with Gasteiger partial charge in [0.1, 0.15) is 5.01 Å². The van der Waals surface area contributed by atoms with E-state index in [9.17, 15) is 0 Å². The molecule has 0 bridgehead atoms. The zero-order valence-corrected chi connectivity index (χ0v) is 14.0. The fourth-order valence-corrected chi connectivity index (χ4v) is 3.97. The first-order chi connectivity index (χ1) is 10.1. The molecular formula is C17H23N3S. The number of nitrogens with one attached hydrogen (secondary N) is 1. The Morgan fingerprint density at radius 3 is 2.86 bits per heavy atom. The largest absolute Gasteiger partial charge is 0.374 e. The predicted molar refractivity (Wildman–Crippen MR) is 90.5 cm³/mol. The van der Waals surface area contributed by atoms with Crippen LogP contribution < -0.4 is 10.2 Å². The first kappa shape index (κ1) is 14.5. The maximum atomic E-state index is 4.76. The zero-order chi connectivity index (χ0) is 15.0. The Bertz CT molecular complexity index is 628. The smallest absolute Gasteiger partial charge is 0.115 e. The molecule has 3 rings (SSSR count). The summed E-state index contributed by atoms with van der Waals surface area (Å²) in [5.74, 6) is 0. The molecule has 112 valence electrons. The van der Waals surface area contributed by atoms with Gasteiger partial charge in [0.05, 0.1) is 11.7 Å². The minimum Gasteiger partial charge on any atom is -0.374 e. The van der Waals surface area contributed by atoms with Crippen molar-refractivity contribution in [3.8, 4) is 0 Å². The highest BCUT2D eigenvalue weighted by Gasteiger charge is 2.21. The Morgan fingerprint density at radius 2 is 2.19 bits per heavy atom. The van der Waals surface area contributed by atoms with E-state index in [0.29, 0.717) is 0 Å². The molecule has 3 nitrogen and oxygen atoms in total. The highest BCUT2D eigenvalue weighted by molar-refractivity contribution is 7.11. The Balaban J connectivity index is 1.98. The highest BCUT2D eigenvalue weighted by atomic mass is 32.1. The number of nitrogens with zero attached hydrogens (tertiary/aromatic N) is 2. The minimum atomic E-state index is 0.212. The lowest BCUT2D eigenvalue weighted by atomic mass is 10.0. The van der Waals surface area contributed by atoms with Gasteiger partial charge in [-0.15, -0.1) is 11.3 Å². The van der Waals surface area contributed by atoms with Crippen LogP contribution >= 0.6 is 11.3 Å². The van der Waals surface area contributed by atoms with Crippen LogP contribution in [-0.2, 0) is 6.42 Å². The van der Waals surface area contributed by atoms with Crippen LogP contribution in [0.5, 0.6) is 0 Å². The molecule has 1 N–H and O–H groups in total. The number of anilines is 1. The van der Waals surface area contributed by atoms with E-state index in [2.05, 4.69) is 56.2 Å². The molecule has 2 heterocycles. The molecule has 21 heavy (non-hydrogen) atoms. The van der Waals surface area contributed by atoms with Crippen LogP contribution in [0.2, 0.25) is 0 Å². The van der Waals surface area contributed by atoms with Crippen molar-refractivity contribution in [1.29, 1.82) is 0 Å². The van der Waals surface area contributed by atoms with Crippen molar-refractivity contribution in [1.82, 2.24) is 10.3 Å². The molecule has 1 aromatic carbocycles. The van der Waals surface area contributed by atoms with E-state index in [4.69, 9.17) is 4.98 Å². The van der Waals surface area contributed by atoms with Gasteiger partial charge in [0.25, 0.3) is 0 Å². The molecule has 0 fully saturated rings. The van der Waals surface area contributed by atoms with E-state index in [1.54, 1.807) is 0 Å². The lowest BCUT2D eigenvalue weighted by Crippen LogP contribution is -2.22. The van der Waals surface area contributed by atoms with Gasteiger partial charge in [0.2, 0.25) is 0 Å². The molecule has 0 saturated heterocycles. The molecular weight excluding hydrogens is 278 g/mol. The van der Waals surface area contributed by atoms with Crippen LogP contribution in [0, 0.1) is 13.8 Å². The normalized spacial score (nSPS) is 15.3. The molecule has 0 spiro atoms. The Morgan fingerprint density at radius 1 is 1.38 bits per heavy atom. The Kier molecular flexibility index (Phi) is 4.00. The third-order valence-electron chi connectivity index (χ3n) is 4.26. The van der Waals surface area contributed by atoms with E-state index >= 15 is 0 Å². The number of rotatable bonds is 4. The fourth-order valence-electron chi connectivity index (χ4n) is 2.94. The Hall–Kier alpha value is -1.39. The summed E-state index contributed by atoms with van der Waals surface area (Å²) in [4.78, 5) is 8.41. The molecule has 2 aromatic rings. The number of fused-ring (bicyclic) bond motifs is 1. The lowest BCUT2D eigenvalue weighted by Gasteiger charge is -2.18. The summed E-state index contributed by atoms with van der Waals surface area (Å²) in [6.07, 6.45) is 1.15. The van der Waals surface area contributed by atoms with Crippen molar-refractivity contribution >= 4 is 17.0 Å². The molecule has 4 heteroatoms. The summed E-state index contributed by atoms with van der Waals surface area (Å²) >= 11 is 1.81. The van der Waals surface area contributed by atoms with E-state index in [1.807, 2.05) is 11.3 Å². The number of aryl methyl sites for hydroxylation is 2. The summed E-state index contributed by atoms with van der Waals surface area (Å²) in [6, 6.07) is 7.08. The van der Waals surface area contributed by atoms with Crippen molar-refractivity contribution in [3.05, 3.63) is 44.9 Å². The van der Waals surface area contributed by atoms with Crippen LogP contribution in [-0.4, -0.2) is 25.1 Å². The standard InChI is InChI=1S/C17H23N3S/c1-5-18-16(17-19-11(2)12(3)21-17)14-6-7-15-13(10-14)8-9-20(15)4/h6-7,10,16,18H,5,8-9H2,1-4H3. The van der Waals surface area contributed by atoms with E-state index in [-0.39, 0.29) is 6.04 Å². The third kappa shape index (κ3) is 2.70. The second kappa shape index (κ2) is 5.78. The van der Waals surface area contributed by atoms with Crippen molar-refractivity contribution in [2.75, 3.05) is 25.0 Å². The summed E-state index contributed by atoms with van der Waals surface area (Å²) < 4.78 is 0. The number of likely N-dealkylation sites (N-methyl/N-ethyl adjacent to an activating group) is 1. The van der Waals surface area contributed by atoms with E-state index < -0.39 is 0 Å². The summed E-state index contributed by atoms with van der Waals surface area (Å²) in [5.41, 5.74) is 5.32. The molecule has 0 radical (unpaired) electrons. The predicted octanol–water partition coefficient (Wildman–Crippen LogP) is 3.45. The van der Waals surface area contributed by atoms with Crippen LogP contribution in [0.15, 0.2) is 18.2 Å². The van der Waals surface area contributed by atoms with Gasteiger partial charge in [-0.25, -0.2) is 4.98 Å². The third-order valence-corrected chi connectivity index (χ3v) is 5.40. The molecule has 0 amide bonds. The maximum Gasteiger partial charge on any atom is 0.115 e. The molecule has 0 saturated carbocycles. The van der Waals surface area contributed by atoms with Gasteiger partial charge in [-0.3, -0.25) is 0 Å². The van der Waals surface area contributed by atoms with Gasteiger partial charge < -0.3 is 10.2 Å². The van der Waals surface area contributed by atoms with Gasteiger partial charge in [-0.05, 0) is 44.0 Å². The monoisotopic (exact) mass is 301 g/mol. The van der Waals surface area contributed by atoms with Crippen LogP contribution in [0.4, 0.5) is 5.69 Å². The number of hydrogen-bond acceptors (Lipinski definition) is 4. The lowest BCUT2D eigenvalue weighted by molar-refractivity contribution is 0.626. The second-order valence-electron chi connectivity index (χ2n) is 5.74. The van der Waals surface area contributed by atoms with Crippen molar-refractivity contribution in [3.63, 3.8) is 0 Å². The van der Waals surface area contributed by atoms with Gasteiger partial charge in [0.15, 0.2) is 0 Å². The molecule has 1 atom stereocenters. The number of aromatic nitrogens is 1. The summed E-state index contributed by atoms with van der Waals surface area (Å²) in [5, 5.41) is 4.77.